The molecule has 0 aromatic carbocycles. The maximum absolute atomic E-state index is 11.3. The second-order valence-corrected chi connectivity index (χ2v) is 4.66. The molecule has 0 fully saturated rings. The summed E-state index contributed by atoms with van der Waals surface area (Å²) >= 11 is 0. The lowest BCUT2D eigenvalue weighted by Gasteiger charge is -2.27. The fourth-order valence-corrected chi connectivity index (χ4v) is 0.654. The molecule has 4 nitrogen and oxygen atoms in total. The molecule has 0 aliphatic rings. The van der Waals surface area contributed by atoms with Crippen LogP contribution in [-0.4, -0.2) is 28.3 Å². The van der Waals surface area contributed by atoms with E-state index in [1.54, 1.807) is 20.8 Å². The molecule has 0 radical (unpaired) electrons. The van der Waals surface area contributed by atoms with E-state index in [0.29, 0.717) is 0 Å². The van der Waals surface area contributed by atoms with E-state index in [4.69, 9.17) is 10.5 Å². The molecule has 0 spiro atoms. The number of aliphatic hydroxyl groups is 1. The first-order valence-corrected chi connectivity index (χ1v) is 4.25. The Balaban J connectivity index is 4.30. The summed E-state index contributed by atoms with van der Waals surface area (Å²) < 4.78 is 5.00. The lowest BCUT2D eigenvalue weighted by molar-refractivity contribution is -0.161. The molecule has 0 aromatic heterocycles. The molecule has 4 heteroatoms. The van der Waals surface area contributed by atoms with Gasteiger partial charge < -0.3 is 15.6 Å². The summed E-state index contributed by atoms with van der Waals surface area (Å²) in [7, 11) is 0. The van der Waals surface area contributed by atoms with Crippen LogP contribution in [0.25, 0.3) is 0 Å². The smallest absolute Gasteiger partial charge is 0.326 e. The highest BCUT2D eigenvalue weighted by Crippen LogP contribution is 2.13. The summed E-state index contributed by atoms with van der Waals surface area (Å²) in [5.41, 5.74) is 3.66. The van der Waals surface area contributed by atoms with Crippen LogP contribution in [0.1, 0.15) is 34.6 Å². The molecule has 0 saturated carbocycles. The average Bonchev–Trinajstić information content (AvgIpc) is 1.79. The number of ether oxygens (including phenoxy) is 1. The Hall–Kier alpha value is -0.610. The molecule has 0 unspecified atom stereocenters. The molecule has 1 atom stereocenters. The van der Waals surface area contributed by atoms with Crippen LogP contribution >= 0.6 is 0 Å². The first-order valence-electron chi connectivity index (χ1n) is 4.25. The van der Waals surface area contributed by atoms with Crippen LogP contribution < -0.4 is 5.73 Å². The van der Waals surface area contributed by atoms with Crippen molar-refractivity contribution in [1.29, 1.82) is 0 Å². The summed E-state index contributed by atoms with van der Waals surface area (Å²) in [6.07, 6.45) is 0. The van der Waals surface area contributed by atoms with Gasteiger partial charge in [0.1, 0.15) is 11.6 Å². The van der Waals surface area contributed by atoms with Gasteiger partial charge in [0, 0.05) is 0 Å². The molecule has 0 aliphatic heterocycles. The average molecular weight is 189 g/mol. The lowest BCUT2D eigenvalue weighted by Crippen LogP contribution is -2.51. The summed E-state index contributed by atoms with van der Waals surface area (Å²) in [6, 6.07) is -1.01. The van der Waals surface area contributed by atoms with E-state index in [2.05, 4.69) is 0 Å². The second kappa shape index (κ2) is 3.64. The lowest BCUT2D eigenvalue weighted by atomic mass is 10.00. The Kier molecular flexibility index (Phi) is 3.47. The van der Waals surface area contributed by atoms with Crippen molar-refractivity contribution in [1.82, 2.24) is 0 Å². The zero-order valence-corrected chi connectivity index (χ0v) is 8.92. The predicted octanol–water partition coefficient (Wildman–Crippen LogP) is 0.426. The van der Waals surface area contributed by atoms with E-state index in [9.17, 15) is 9.90 Å². The Morgan fingerprint density at radius 2 is 1.69 bits per heavy atom. The van der Waals surface area contributed by atoms with E-state index in [1.165, 1.54) is 13.8 Å². The normalized spacial score (nSPS) is 15.3. The molecule has 0 saturated heterocycles. The van der Waals surface area contributed by atoms with Crippen molar-refractivity contribution < 1.29 is 14.6 Å². The standard InChI is InChI=1S/C9H19NO3/c1-8(2,3)13-7(11)6(10)9(4,5)12/h6,12H,10H2,1-5H3/t6-/m1/s1. The van der Waals surface area contributed by atoms with Crippen molar-refractivity contribution in [3.8, 4) is 0 Å². The van der Waals surface area contributed by atoms with E-state index in [-0.39, 0.29) is 0 Å². The van der Waals surface area contributed by atoms with Crippen LogP contribution in [0.4, 0.5) is 0 Å². The van der Waals surface area contributed by atoms with Gasteiger partial charge >= 0.3 is 5.97 Å². The van der Waals surface area contributed by atoms with Crippen LogP contribution in [0.2, 0.25) is 0 Å². The SMILES string of the molecule is CC(C)(C)OC(=O)[C@@H](N)C(C)(C)O. The van der Waals surface area contributed by atoms with Gasteiger partial charge in [-0.05, 0) is 34.6 Å². The Morgan fingerprint density at radius 1 is 1.31 bits per heavy atom. The molecule has 0 rings (SSSR count). The first kappa shape index (κ1) is 12.4. The van der Waals surface area contributed by atoms with Crippen molar-refractivity contribution in [3.05, 3.63) is 0 Å². The minimum absolute atomic E-state index is 0.569. The molecule has 13 heavy (non-hydrogen) atoms. The molecular formula is C9H19NO3. The van der Waals surface area contributed by atoms with Crippen molar-refractivity contribution in [2.75, 3.05) is 0 Å². The second-order valence-electron chi connectivity index (χ2n) is 4.66. The molecule has 0 heterocycles. The number of hydrogen-bond acceptors (Lipinski definition) is 4. The highest BCUT2D eigenvalue weighted by Gasteiger charge is 2.33. The van der Waals surface area contributed by atoms with Crippen molar-refractivity contribution in [3.63, 3.8) is 0 Å². The number of carbonyl (C=O) groups excluding carboxylic acids is 1. The molecule has 3 N–H and O–H groups in total. The van der Waals surface area contributed by atoms with Gasteiger partial charge in [-0.25, -0.2) is 0 Å². The number of carbonyl (C=O) groups is 1. The van der Waals surface area contributed by atoms with Crippen LogP contribution in [-0.2, 0) is 9.53 Å². The third-order valence-electron chi connectivity index (χ3n) is 1.42. The molecular weight excluding hydrogens is 170 g/mol. The summed E-state index contributed by atoms with van der Waals surface area (Å²) in [4.78, 5) is 11.3. The van der Waals surface area contributed by atoms with Crippen LogP contribution in [0.15, 0.2) is 0 Å². The molecule has 0 bridgehead atoms. The van der Waals surface area contributed by atoms with Crippen LogP contribution in [0.5, 0.6) is 0 Å². The third-order valence-corrected chi connectivity index (χ3v) is 1.42. The van der Waals surface area contributed by atoms with Crippen LogP contribution in [0.3, 0.4) is 0 Å². The highest BCUT2D eigenvalue weighted by atomic mass is 16.6. The topological polar surface area (TPSA) is 72.5 Å². The number of esters is 1. The summed E-state index contributed by atoms with van der Waals surface area (Å²) in [5, 5.41) is 9.43. The van der Waals surface area contributed by atoms with Gasteiger partial charge in [0.15, 0.2) is 0 Å². The number of nitrogens with two attached hydrogens (primary N) is 1. The van der Waals surface area contributed by atoms with Crippen molar-refractivity contribution >= 4 is 5.97 Å². The van der Waals surface area contributed by atoms with Gasteiger partial charge in [-0.15, -0.1) is 0 Å². The molecule has 0 aromatic rings. The van der Waals surface area contributed by atoms with Gasteiger partial charge in [-0.1, -0.05) is 0 Å². The minimum Gasteiger partial charge on any atom is -0.459 e. The van der Waals surface area contributed by atoms with Gasteiger partial charge in [0.2, 0.25) is 0 Å². The maximum Gasteiger partial charge on any atom is 0.326 e. The quantitative estimate of drug-likeness (QED) is 0.618. The Labute approximate surface area is 79.1 Å². The third kappa shape index (κ3) is 4.85. The fourth-order valence-electron chi connectivity index (χ4n) is 0.654. The first-order chi connectivity index (χ1) is 5.54. The molecule has 0 aliphatic carbocycles. The number of rotatable bonds is 2. The fraction of sp³-hybridized carbons (Fsp3) is 0.889. The maximum atomic E-state index is 11.3. The zero-order valence-electron chi connectivity index (χ0n) is 8.92. The van der Waals surface area contributed by atoms with Gasteiger partial charge in [-0.3, -0.25) is 4.79 Å². The van der Waals surface area contributed by atoms with E-state index < -0.39 is 23.2 Å². The Bertz CT molecular complexity index is 188. The summed E-state index contributed by atoms with van der Waals surface area (Å²) in [5.74, 6) is -0.583. The largest absolute Gasteiger partial charge is 0.459 e. The van der Waals surface area contributed by atoms with Crippen LogP contribution in [0, 0.1) is 0 Å². The zero-order chi connectivity index (χ0) is 10.9. The monoisotopic (exact) mass is 189 g/mol. The predicted molar refractivity (Wildman–Crippen MR) is 50.1 cm³/mol. The van der Waals surface area contributed by atoms with Gasteiger partial charge in [-0.2, -0.15) is 0 Å². The highest BCUT2D eigenvalue weighted by molar-refractivity contribution is 5.77. The van der Waals surface area contributed by atoms with Crippen molar-refractivity contribution in [2.45, 2.75) is 51.9 Å². The van der Waals surface area contributed by atoms with E-state index in [0.717, 1.165) is 0 Å². The molecule has 0 amide bonds. The van der Waals surface area contributed by atoms with Gasteiger partial charge in [0.25, 0.3) is 0 Å². The van der Waals surface area contributed by atoms with Crippen molar-refractivity contribution in [2.24, 2.45) is 5.73 Å². The molecule has 78 valence electrons. The Morgan fingerprint density at radius 3 is 1.92 bits per heavy atom. The van der Waals surface area contributed by atoms with E-state index in [1.807, 2.05) is 0 Å². The number of hydrogen-bond donors (Lipinski definition) is 2. The van der Waals surface area contributed by atoms with Gasteiger partial charge in [0.05, 0.1) is 5.60 Å². The van der Waals surface area contributed by atoms with E-state index >= 15 is 0 Å². The minimum atomic E-state index is -1.25. The summed E-state index contributed by atoms with van der Waals surface area (Å²) in [6.45, 7) is 8.20.